The molecule has 2 nitrogen and oxygen atoms in total. The van der Waals surface area contributed by atoms with Gasteiger partial charge in [0.15, 0.2) is 0 Å². The van der Waals surface area contributed by atoms with Crippen LogP contribution in [0.3, 0.4) is 0 Å². The minimum atomic E-state index is -0.668. The molecule has 3 rings (SSSR count). The average Bonchev–Trinajstić information content (AvgIpc) is 2.69. The van der Waals surface area contributed by atoms with Gasteiger partial charge in [0.1, 0.15) is 12.4 Å². The van der Waals surface area contributed by atoms with Crippen LogP contribution in [0, 0.1) is 0 Å². The Morgan fingerprint density at radius 2 is 1.28 bits per heavy atom. The standard InChI is InChI=1S/C22H23O2P/c1-18(23-2)17-24-21-15-9-10-16-22(21)25(19-11-5-3-6-12-19)20-13-7-4-8-14-20/h3-16,18H,17H2,1-2H3/t18-/m1/s1. The smallest absolute Gasteiger partial charge is 0.127 e. The molecule has 0 fully saturated rings. The highest BCUT2D eigenvalue weighted by atomic mass is 31.1. The molecule has 0 radical (unpaired) electrons. The number of methoxy groups -OCH3 is 1. The van der Waals surface area contributed by atoms with E-state index in [-0.39, 0.29) is 6.10 Å². The maximum atomic E-state index is 6.10. The molecule has 0 aliphatic rings. The van der Waals surface area contributed by atoms with E-state index >= 15 is 0 Å². The first-order valence-electron chi connectivity index (χ1n) is 8.44. The molecule has 0 saturated carbocycles. The molecule has 0 aliphatic carbocycles. The molecule has 3 aromatic carbocycles. The second kappa shape index (κ2) is 8.80. The first-order valence-corrected chi connectivity index (χ1v) is 9.78. The van der Waals surface area contributed by atoms with E-state index in [1.54, 1.807) is 7.11 Å². The third-order valence-electron chi connectivity index (χ3n) is 4.01. The van der Waals surface area contributed by atoms with E-state index in [0.717, 1.165) is 5.75 Å². The van der Waals surface area contributed by atoms with E-state index in [4.69, 9.17) is 9.47 Å². The molecule has 128 valence electrons. The summed E-state index contributed by atoms with van der Waals surface area (Å²) in [7, 11) is 1.04. The summed E-state index contributed by atoms with van der Waals surface area (Å²) < 4.78 is 11.4. The second-order valence-electron chi connectivity index (χ2n) is 5.83. The Morgan fingerprint density at radius 1 is 0.760 bits per heavy atom. The lowest BCUT2D eigenvalue weighted by molar-refractivity contribution is 0.0721. The average molecular weight is 350 g/mol. The summed E-state index contributed by atoms with van der Waals surface area (Å²) >= 11 is 0. The fourth-order valence-electron chi connectivity index (χ4n) is 2.62. The maximum absolute atomic E-state index is 6.10. The van der Waals surface area contributed by atoms with Crippen LogP contribution in [-0.2, 0) is 4.74 Å². The van der Waals surface area contributed by atoms with Crippen molar-refractivity contribution in [1.82, 2.24) is 0 Å². The van der Waals surface area contributed by atoms with Crippen LogP contribution in [0.5, 0.6) is 5.75 Å². The summed E-state index contributed by atoms with van der Waals surface area (Å²) in [6, 6.07) is 29.7. The summed E-state index contributed by atoms with van der Waals surface area (Å²) in [4.78, 5) is 0. The third kappa shape index (κ3) is 4.48. The van der Waals surface area contributed by atoms with Crippen LogP contribution in [0.25, 0.3) is 0 Å². The van der Waals surface area contributed by atoms with Gasteiger partial charge in [-0.05, 0) is 31.5 Å². The highest BCUT2D eigenvalue weighted by molar-refractivity contribution is 7.80. The molecular weight excluding hydrogens is 327 g/mol. The van der Waals surface area contributed by atoms with Gasteiger partial charge in [-0.3, -0.25) is 0 Å². The van der Waals surface area contributed by atoms with Crippen LogP contribution in [0.4, 0.5) is 0 Å². The number of hydrogen-bond acceptors (Lipinski definition) is 2. The Balaban J connectivity index is 2.02. The molecule has 0 heterocycles. The van der Waals surface area contributed by atoms with Crippen LogP contribution in [0.15, 0.2) is 84.9 Å². The van der Waals surface area contributed by atoms with Crippen LogP contribution >= 0.6 is 7.92 Å². The zero-order valence-corrected chi connectivity index (χ0v) is 15.5. The van der Waals surface area contributed by atoms with Gasteiger partial charge in [-0.2, -0.15) is 0 Å². The van der Waals surface area contributed by atoms with Gasteiger partial charge in [-0.25, -0.2) is 0 Å². The highest BCUT2D eigenvalue weighted by Crippen LogP contribution is 2.36. The molecule has 0 aromatic heterocycles. The Hall–Kier alpha value is -2.15. The SMILES string of the molecule is CO[C@H](C)COc1ccccc1P(c1ccccc1)c1ccccc1. The topological polar surface area (TPSA) is 18.5 Å². The zero-order valence-electron chi connectivity index (χ0n) is 14.6. The van der Waals surface area contributed by atoms with Crippen molar-refractivity contribution in [3.63, 3.8) is 0 Å². The van der Waals surface area contributed by atoms with Crippen LogP contribution in [-0.4, -0.2) is 19.8 Å². The normalized spacial score (nSPS) is 12.1. The quantitative estimate of drug-likeness (QED) is 0.603. The van der Waals surface area contributed by atoms with E-state index in [0.29, 0.717) is 6.61 Å². The van der Waals surface area contributed by atoms with Crippen molar-refractivity contribution in [3.8, 4) is 5.75 Å². The molecule has 25 heavy (non-hydrogen) atoms. The lowest BCUT2D eigenvalue weighted by atomic mass is 10.3. The second-order valence-corrected chi connectivity index (χ2v) is 8.02. The molecular formula is C22H23O2P. The summed E-state index contributed by atoms with van der Waals surface area (Å²) in [5.74, 6) is 0.935. The fourth-order valence-corrected chi connectivity index (χ4v) is 5.01. The van der Waals surface area contributed by atoms with Crippen molar-refractivity contribution < 1.29 is 9.47 Å². The fraction of sp³-hybridized carbons (Fsp3) is 0.182. The Labute approximate surface area is 151 Å². The van der Waals surface area contributed by atoms with E-state index in [1.165, 1.54) is 15.9 Å². The van der Waals surface area contributed by atoms with Crippen molar-refractivity contribution in [2.45, 2.75) is 13.0 Å². The van der Waals surface area contributed by atoms with Gasteiger partial charge in [0.05, 0.1) is 6.10 Å². The summed E-state index contributed by atoms with van der Waals surface area (Å²) in [6.45, 7) is 2.56. The number of hydrogen-bond donors (Lipinski definition) is 0. The minimum absolute atomic E-state index is 0.0627. The van der Waals surface area contributed by atoms with Crippen LogP contribution in [0.1, 0.15) is 6.92 Å². The molecule has 3 heteroatoms. The first kappa shape index (κ1) is 17.7. The minimum Gasteiger partial charge on any atom is -0.490 e. The number of benzene rings is 3. The lowest BCUT2D eigenvalue weighted by Crippen LogP contribution is -2.24. The molecule has 0 N–H and O–H groups in total. The van der Waals surface area contributed by atoms with E-state index in [9.17, 15) is 0 Å². The number of ether oxygens (including phenoxy) is 2. The zero-order chi connectivity index (χ0) is 17.5. The van der Waals surface area contributed by atoms with Gasteiger partial charge in [-0.1, -0.05) is 78.9 Å². The molecule has 0 unspecified atom stereocenters. The van der Waals surface area contributed by atoms with Crippen molar-refractivity contribution in [2.75, 3.05) is 13.7 Å². The molecule has 0 spiro atoms. The van der Waals surface area contributed by atoms with Gasteiger partial charge >= 0.3 is 0 Å². The van der Waals surface area contributed by atoms with Crippen molar-refractivity contribution in [2.24, 2.45) is 0 Å². The number of para-hydroxylation sites is 1. The van der Waals surface area contributed by atoms with Gasteiger partial charge < -0.3 is 9.47 Å². The molecule has 0 amide bonds. The Morgan fingerprint density at radius 3 is 1.84 bits per heavy atom. The molecule has 0 bridgehead atoms. The van der Waals surface area contributed by atoms with Crippen LogP contribution in [0.2, 0.25) is 0 Å². The summed E-state index contributed by atoms with van der Waals surface area (Å²) in [6.07, 6.45) is 0.0627. The third-order valence-corrected chi connectivity index (χ3v) is 6.49. The predicted octanol–water partition coefficient (Wildman–Crippen LogP) is 3.86. The van der Waals surface area contributed by atoms with Crippen molar-refractivity contribution >= 4 is 23.8 Å². The maximum Gasteiger partial charge on any atom is 0.127 e. The Bertz CT molecular complexity index is 735. The summed E-state index contributed by atoms with van der Waals surface area (Å²) in [5.41, 5.74) is 0. The van der Waals surface area contributed by atoms with Gasteiger partial charge in [0.2, 0.25) is 0 Å². The van der Waals surface area contributed by atoms with Crippen molar-refractivity contribution in [1.29, 1.82) is 0 Å². The monoisotopic (exact) mass is 350 g/mol. The first-order chi connectivity index (χ1) is 12.3. The van der Waals surface area contributed by atoms with E-state index in [1.807, 2.05) is 13.0 Å². The van der Waals surface area contributed by atoms with E-state index < -0.39 is 7.92 Å². The summed E-state index contributed by atoms with van der Waals surface area (Å²) in [5, 5.41) is 3.87. The molecule has 3 aromatic rings. The van der Waals surface area contributed by atoms with Crippen molar-refractivity contribution in [3.05, 3.63) is 84.9 Å². The van der Waals surface area contributed by atoms with Crippen LogP contribution < -0.4 is 20.7 Å². The predicted molar refractivity (Wildman–Crippen MR) is 107 cm³/mol. The lowest BCUT2D eigenvalue weighted by Gasteiger charge is -2.22. The van der Waals surface area contributed by atoms with Gasteiger partial charge in [0, 0.05) is 12.4 Å². The molecule has 0 aliphatic heterocycles. The van der Waals surface area contributed by atoms with Gasteiger partial charge in [-0.15, -0.1) is 0 Å². The Kier molecular flexibility index (Phi) is 6.22. The highest BCUT2D eigenvalue weighted by Gasteiger charge is 2.20. The van der Waals surface area contributed by atoms with Gasteiger partial charge in [0.25, 0.3) is 0 Å². The van der Waals surface area contributed by atoms with E-state index in [2.05, 4.69) is 78.9 Å². The molecule has 1 atom stereocenters. The molecule has 0 saturated heterocycles. The largest absolute Gasteiger partial charge is 0.490 e. The number of rotatable bonds is 7.